The molecular formula is C64H39N5O. The van der Waals surface area contributed by atoms with Crippen molar-refractivity contribution in [1.29, 1.82) is 0 Å². The lowest BCUT2D eigenvalue weighted by molar-refractivity contribution is 0.669. The maximum atomic E-state index is 6.61. The molecule has 70 heavy (non-hydrogen) atoms. The van der Waals surface area contributed by atoms with Gasteiger partial charge in [-0.3, -0.25) is 0 Å². The van der Waals surface area contributed by atoms with Crippen LogP contribution in [-0.4, -0.2) is 24.5 Å². The quantitative estimate of drug-likeness (QED) is 0.149. The van der Waals surface area contributed by atoms with Gasteiger partial charge in [0.1, 0.15) is 11.2 Å². The van der Waals surface area contributed by atoms with Gasteiger partial charge >= 0.3 is 0 Å². The first kappa shape index (κ1) is 39.6. The molecule has 14 rings (SSSR count). The molecule has 0 N–H and O–H groups in total. The van der Waals surface area contributed by atoms with E-state index in [1.807, 2.05) is 36.4 Å². The molecule has 0 saturated heterocycles. The first-order valence-corrected chi connectivity index (χ1v) is 23.5. The van der Waals surface area contributed by atoms with Gasteiger partial charge in [0.2, 0.25) is 0 Å². The number of fused-ring (bicyclic) bond motifs is 9. The molecule has 0 aliphatic heterocycles. The summed E-state index contributed by atoms with van der Waals surface area (Å²) in [5.74, 6) is 1.84. The van der Waals surface area contributed by atoms with E-state index in [4.69, 9.17) is 24.4 Å². The van der Waals surface area contributed by atoms with Crippen molar-refractivity contribution >= 4 is 65.4 Å². The molecule has 0 bridgehead atoms. The molecule has 0 spiro atoms. The third-order valence-electron chi connectivity index (χ3n) is 13.6. The van der Waals surface area contributed by atoms with Crippen LogP contribution in [0, 0.1) is 0 Å². The van der Waals surface area contributed by atoms with Crippen molar-refractivity contribution in [2.45, 2.75) is 0 Å². The van der Waals surface area contributed by atoms with Crippen molar-refractivity contribution in [3.8, 4) is 73.4 Å². The molecular weight excluding hydrogens is 855 g/mol. The Morgan fingerprint density at radius 1 is 0.300 bits per heavy atom. The molecule has 0 atom stereocenters. The number of benzene rings is 10. The van der Waals surface area contributed by atoms with E-state index in [2.05, 4.69) is 205 Å². The molecule has 0 fully saturated rings. The normalized spacial score (nSPS) is 11.7. The third-order valence-corrected chi connectivity index (χ3v) is 13.6. The SMILES string of the molecule is c1ccc(-c2nc(-c3ccc(-c4ccc(-c5nc6ccccc6c6c(-c7ccccc7)c7c(cc56)oc5ccccc57)cc4)cc3)nc(-c3cccc(-n4c5ccccc5c5ccccc54)c3)n2)cc1. The molecule has 4 aromatic heterocycles. The molecule has 10 aromatic carbocycles. The highest BCUT2D eigenvalue weighted by Gasteiger charge is 2.22. The van der Waals surface area contributed by atoms with Gasteiger partial charge in [-0.1, -0.05) is 194 Å². The Kier molecular flexibility index (Phi) is 9.10. The third kappa shape index (κ3) is 6.49. The zero-order chi connectivity index (χ0) is 46.1. The van der Waals surface area contributed by atoms with Gasteiger partial charge in [-0.05, 0) is 59.2 Å². The Balaban J connectivity index is 0.848. The fraction of sp³-hybridized carbons (Fsp3) is 0. The predicted octanol–water partition coefficient (Wildman–Crippen LogP) is 16.6. The summed E-state index contributed by atoms with van der Waals surface area (Å²) in [5, 5.41) is 7.97. The Hall–Kier alpha value is -9.52. The number of furan rings is 1. The molecule has 0 unspecified atom stereocenters. The average molecular weight is 894 g/mol. The monoisotopic (exact) mass is 893 g/mol. The number of aromatic nitrogens is 5. The second-order valence-corrected chi connectivity index (χ2v) is 17.7. The van der Waals surface area contributed by atoms with Gasteiger partial charge in [0.15, 0.2) is 17.5 Å². The zero-order valence-corrected chi connectivity index (χ0v) is 37.7. The second kappa shape index (κ2) is 16.1. The summed E-state index contributed by atoms with van der Waals surface area (Å²) in [5.41, 5.74) is 15.1. The van der Waals surface area contributed by atoms with Gasteiger partial charge in [-0.15, -0.1) is 0 Å². The van der Waals surface area contributed by atoms with Crippen molar-refractivity contribution in [3.05, 3.63) is 237 Å². The van der Waals surface area contributed by atoms with Crippen LogP contribution >= 0.6 is 0 Å². The van der Waals surface area contributed by atoms with Crippen molar-refractivity contribution in [3.63, 3.8) is 0 Å². The van der Waals surface area contributed by atoms with Gasteiger partial charge in [0.05, 0.1) is 22.2 Å². The number of hydrogen-bond acceptors (Lipinski definition) is 5. The summed E-state index contributed by atoms with van der Waals surface area (Å²) in [6.07, 6.45) is 0. The largest absolute Gasteiger partial charge is 0.456 e. The molecule has 14 aromatic rings. The number of para-hydroxylation sites is 4. The fourth-order valence-corrected chi connectivity index (χ4v) is 10.4. The molecule has 6 heteroatoms. The summed E-state index contributed by atoms with van der Waals surface area (Å²) < 4.78 is 8.93. The molecule has 0 aliphatic carbocycles. The molecule has 326 valence electrons. The Morgan fingerprint density at radius 3 is 1.47 bits per heavy atom. The lowest BCUT2D eigenvalue weighted by atomic mass is 9.89. The van der Waals surface area contributed by atoms with Crippen LogP contribution in [0.1, 0.15) is 0 Å². The van der Waals surface area contributed by atoms with Crippen LogP contribution in [0.25, 0.3) is 139 Å². The predicted molar refractivity (Wildman–Crippen MR) is 287 cm³/mol. The minimum Gasteiger partial charge on any atom is -0.456 e. The van der Waals surface area contributed by atoms with E-state index in [1.54, 1.807) is 0 Å². The average Bonchev–Trinajstić information content (AvgIpc) is 3.98. The van der Waals surface area contributed by atoms with Crippen molar-refractivity contribution in [1.82, 2.24) is 24.5 Å². The van der Waals surface area contributed by atoms with Gasteiger partial charge in [0.25, 0.3) is 0 Å². The van der Waals surface area contributed by atoms with Crippen LogP contribution in [0.5, 0.6) is 0 Å². The van der Waals surface area contributed by atoms with Crippen LogP contribution in [0.4, 0.5) is 0 Å². The van der Waals surface area contributed by atoms with Crippen LogP contribution < -0.4 is 0 Å². The van der Waals surface area contributed by atoms with E-state index < -0.39 is 0 Å². The number of pyridine rings is 1. The van der Waals surface area contributed by atoms with Crippen LogP contribution in [0.2, 0.25) is 0 Å². The first-order valence-electron chi connectivity index (χ1n) is 23.5. The van der Waals surface area contributed by atoms with Crippen LogP contribution in [0.15, 0.2) is 241 Å². The molecule has 0 saturated carbocycles. The van der Waals surface area contributed by atoms with E-state index in [9.17, 15) is 0 Å². The smallest absolute Gasteiger partial charge is 0.164 e. The van der Waals surface area contributed by atoms with Gasteiger partial charge < -0.3 is 8.98 Å². The lowest BCUT2D eigenvalue weighted by Crippen LogP contribution is -2.01. The number of hydrogen-bond donors (Lipinski definition) is 0. The summed E-state index contributed by atoms with van der Waals surface area (Å²) in [6.45, 7) is 0. The topological polar surface area (TPSA) is 69.6 Å². The van der Waals surface area contributed by atoms with Crippen molar-refractivity contribution in [2.24, 2.45) is 0 Å². The summed E-state index contributed by atoms with van der Waals surface area (Å²) in [6, 6.07) is 82.6. The maximum Gasteiger partial charge on any atom is 0.164 e. The fourth-order valence-electron chi connectivity index (χ4n) is 10.4. The van der Waals surface area contributed by atoms with Crippen molar-refractivity contribution in [2.75, 3.05) is 0 Å². The van der Waals surface area contributed by atoms with Gasteiger partial charge in [-0.25, -0.2) is 19.9 Å². The highest BCUT2D eigenvalue weighted by Crippen LogP contribution is 2.46. The summed E-state index contributed by atoms with van der Waals surface area (Å²) >= 11 is 0. The number of nitrogens with zero attached hydrogens (tertiary/aromatic N) is 5. The first-order chi connectivity index (χ1) is 34.7. The summed E-state index contributed by atoms with van der Waals surface area (Å²) in [7, 11) is 0. The highest BCUT2D eigenvalue weighted by molar-refractivity contribution is 6.27. The van der Waals surface area contributed by atoms with E-state index in [0.29, 0.717) is 17.5 Å². The summed E-state index contributed by atoms with van der Waals surface area (Å²) in [4.78, 5) is 20.7. The minimum atomic E-state index is 0.607. The van der Waals surface area contributed by atoms with Crippen molar-refractivity contribution < 1.29 is 4.42 Å². The van der Waals surface area contributed by atoms with Gasteiger partial charge in [0, 0.05) is 71.2 Å². The van der Waals surface area contributed by atoms with Crippen LogP contribution in [-0.2, 0) is 0 Å². The number of rotatable bonds is 7. The molecule has 0 aliphatic rings. The van der Waals surface area contributed by atoms with E-state index in [0.717, 1.165) is 105 Å². The Morgan fingerprint density at radius 2 is 0.800 bits per heavy atom. The molecule has 0 amide bonds. The Bertz CT molecular complexity index is 4280. The maximum absolute atomic E-state index is 6.61. The zero-order valence-electron chi connectivity index (χ0n) is 37.7. The Labute approximate surface area is 402 Å². The molecule has 6 nitrogen and oxygen atoms in total. The standard InChI is InChI=1S/C64H39N5O/c1-3-16-42(17-4-1)58-59-50-24-7-11-26-53(50)65-61(52(59)39-57-60(58)51-25-10-14-29-56(51)70-57)43-34-30-40(31-35-43)41-32-36-45(37-33-41)63-66-62(44-18-5-2-6-19-44)67-64(68-63)46-20-15-21-47(38-46)69-54-27-12-8-22-48(54)49-23-9-13-28-55(49)69/h1-39H. The second-order valence-electron chi connectivity index (χ2n) is 17.7. The highest BCUT2D eigenvalue weighted by atomic mass is 16.3. The van der Waals surface area contributed by atoms with E-state index in [1.165, 1.54) is 16.2 Å². The van der Waals surface area contributed by atoms with E-state index >= 15 is 0 Å². The van der Waals surface area contributed by atoms with Crippen LogP contribution in [0.3, 0.4) is 0 Å². The molecule has 0 radical (unpaired) electrons. The van der Waals surface area contributed by atoms with Gasteiger partial charge in [-0.2, -0.15) is 0 Å². The molecule has 4 heterocycles. The van der Waals surface area contributed by atoms with E-state index in [-0.39, 0.29) is 0 Å². The lowest BCUT2D eigenvalue weighted by Gasteiger charge is -2.16. The minimum absolute atomic E-state index is 0.607.